The molecule has 1 aromatic carbocycles. The molecular formula is C19H20ClN3O2. The molecule has 0 unspecified atom stereocenters. The van der Waals surface area contributed by atoms with E-state index in [1.807, 2.05) is 19.9 Å². The molecule has 0 saturated carbocycles. The minimum absolute atomic E-state index is 0.121. The van der Waals surface area contributed by atoms with Crippen molar-refractivity contribution in [2.24, 2.45) is 0 Å². The van der Waals surface area contributed by atoms with Crippen LogP contribution in [0.3, 0.4) is 0 Å². The molecular weight excluding hydrogens is 338 g/mol. The van der Waals surface area contributed by atoms with Crippen LogP contribution in [0.2, 0.25) is 5.02 Å². The lowest BCUT2D eigenvalue weighted by Crippen LogP contribution is -2.30. The normalized spacial score (nSPS) is 10.7. The number of nitrogens with one attached hydrogen (secondary N) is 1. The van der Waals surface area contributed by atoms with Crippen molar-refractivity contribution in [1.29, 1.82) is 0 Å². The molecule has 2 amide bonds. The summed E-state index contributed by atoms with van der Waals surface area (Å²) in [5.41, 5.74) is 1.78. The molecule has 1 heterocycles. The molecule has 6 heteroatoms. The molecule has 0 spiro atoms. The Morgan fingerprint density at radius 1 is 1.24 bits per heavy atom. The summed E-state index contributed by atoms with van der Waals surface area (Å²) in [6.07, 6.45) is 6.41. The van der Waals surface area contributed by atoms with Crippen molar-refractivity contribution in [2.75, 3.05) is 18.4 Å². The number of amides is 2. The average molecular weight is 358 g/mol. The number of rotatable bonds is 6. The van der Waals surface area contributed by atoms with E-state index in [0.717, 1.165) is 5.56 Å². The molecule has 0 atom stereocenters. The first-order valence-electron chi connectivity index (χ1n) is 8.03. The monoisotopic (exact) mass is 357 g/mol. The maximum atomic E-state index is 12.4. The van der Waals surface area contributed by atoms with Gasteiger partial charge in [0.05, 0.1) is 10.6 Å². The van der Waals surface area contributed by atoms with Crippen LogP contribution < -0.4 is 5.32 Å². The SMILES string of the molecule is CCN(CC)C(=O)c1ccc(NC(=O)/C=C/c2cccnc2)cc1Cl. The highest BCUT2D eigenvalue weighted by Gasteiger charge is 2.16. The Kier molecular flexibility index (Phi) is 6.71. The van der Waals surface area contributed by atoms with Crippen LogP contribution >= 0.6 is 11.6 Å². The zero-order valence-corrected chi connectivity index (χ0v) is 15.0. The van der Waals surface area contributed by atoms with Crippen molar-refractivity contribution >= 4 is 35.2 Å². The molecule has 130 valence electrons. The lowest BCUT2D eigenvalue weighted by Gasteiger charge is -2.19. The van der Waals surface area contributed by atoms with Gasteiger partial charge in [0.2, 0.25) is 5.91 Å². The maximum absolute atomic E-state index is 12.4. The first kappa shape index (κ1) is 18.7. The summed E-state index contributed by atoms with van der Waals surface area (Å²) in [6.45, 7) is 5.06. The standard InChI is InChI=1S/C19H20ClN3O2/c1-3-23(4-2)19(25)16-9-8-15(12-17(16)20)22-18(24)10-7-14-6-5-11-21-13-14/h5-13H,3-4H2,1-2H3,(H,22,24)/b10-7+. The molecule has 0 aliphatic rings. The van der Waals surface area contributed by atoms with Crippen molar-refractivity contribution in [3.63, 3.8) is 0 Å². The van der Waals surface area contributed by atoms with Crippen molar-refractivity contribution in [2.45, 2.75) is 13.8 Å². The third-order valence-corrected chi connectivity index (χ3v) is 3.94. The number of hydrogen-bond acceptors (Lipinski definition) is 3. The number of halogens is 1. The van der Waals surface area contributed by atoms with Crippen molar-refractivity contribution < 1.29 is 9.59 Å². The first-order chi connectivity index (χ1) is 12.0. The van der Waals surface area contributed by atoms with Crippen LogP contribution in [0.5, 0.6) is 0 Å². The molecule has 2 rings (SSSR count). The zero-order valence-electron chi connectivity index (χ0n) is 14.2. The Bertz CT molecular complexity index is 771. The minimum Gasteiger partial charge on any atom is -0.339 e. The molecule has 1 N–H and O–H groups in total. The van der Waals surface area contributed by atoms with Crippen LogP contribution in [0.4, 0.5) is 5.69 Å². The van der Waals surface area contributed by atoms with E-state index in [1.54, 1.807) is 47.6 Å². The fourth-order valence-corrected chi connectivity index (χ4v) is 2.54. The van der Waals surface area contributed by atoms with E-state index in [-0.39, 0.29) is 11.8 Å². The largest absolute Gasteiger partial charge is 0.339 e. The van der Waals surface area contributed by atoms with Gasteiger partial charge in [-0.25, -0.2) is 0 Å². The van der Waals surface area contributed by atoms with Crippen LogP contribution in [0, 0.1) is 0 Å². The van der Waals surface area contributed by atoms with Crippen LogP contribution in [-0.4, -0.2) is 34.8 Å². The highest BCUT2D eigenvalue weighted by molar-refractivity contribution is 6.34. The second-order valence-corrected chi connectivity index (χ2v) is 5.69. The summed E-state index contributed by atoms with van der Waals surface area (Å²) < 4.78 is 0. The summed E-state index contributed by atoms with van der Waals surface area (Å²) in [6, 6.07) is 8.51. The predicted molar refractivity (Wildman–Crippen MR) is 101 cm³/mol. The Balaban J connectivity index is 2.06. The highest BCUT2D eigenvalue weighted by Crippen LogP contribution is 2.22. The van der Waals surface area contributed by atoms with Crippen LogP contribution in [0.15, 0.2) is 48.8 Å². The summed E-state index contributed by atoms with van der Waals surface area (Å²) in [4.78, 5) is 30.0. The third kappa shape index (κ3) is 5.16. The van der Waals surface area contributed by atoms with Gasteiger partial charge in [-0.2, -0.15) is 0 Å². The van der Waals surface area contributed by atoms with Gasteiger partial charge >= 0.3 is 0 Å². The van der Waals surface area contributed by atoms with Gasteiger partial charge in [0.25, 0.3) is 5.91 Å². The molecule has 0 bridgehead atoms. The Morgan fingerprint density at radius 2 is 2.00 bits per heavy atom. The average Bonchev–Trinajstić information content (AvgIpc) is 2.62. The predicted octanol–water partition coefficient (Wildman–Crippen LogP) is 3.87. The molecule has 5 nitrogen and oxygen atoms in total. The van der Waals surface area contributed by atoms with Gasteiger partial charge in [-0.05, 0) is 49.8 Å². The topological polar surface area (TPSA) is 62.3 Å². The molecule has 1 aromatic heterocycles. The van der Waals surface area contributed by atoms with E-state index in [4.69, 9.17) is 11.6 Å². The fourth-order valence-electron chi connectivity index (χ4n) is 2.28. The summed E-state index contributed by atoms with van der Waals surface area (Å²) in [7, 11) is 0. The van der Waals surface area contributed by atoms with E-state index in [1.165, 1.54) is 6.08 Å². The Morgan fingerprint density at radius 3 is 2.60 bits per heavy atom. The Hall–Kier alpha value is -2.66. The van der Waals surface area contributed by atoms with Crippen LogP contribution in [0.1, 0.15) is 29.8 Å². The molecule has 0 aliphatic carbocycles. The molecule has 25 heavy (non-hydrogen) atoms. The second-order valence-electron chi connectivity index (χ2n) is 5.28. The maximum Gasteiger partial charge on any atom is 0.255 e. The first-order valence-corrected chi connectivity index (χ1v) is 8.40. The number of aromatic nitrogens is 1. The van der Waals surface area contributed by atoms with Crippen molar-refractivity contribution in [3.8, 4) is 0 Å². The fraction of sp³-hybridized carbons (Fsp3) is 0.211. The number of carbonyl (C=O) groups is 2. The molecule has 0 radical (unpaired) electrons. The molecule has 2 aromatic rings. The number of anilines is 1. The van der Waals surface area contributed by atoms with E-state index in [9.17, 15) is 9.59 Å². The van der Waals surface area contributed by atoms with Gasteiger partial charge in [0.15, 0.2) is 0 Å². The lowest BCUT2D eigenvalue weighted by molar-refractivity contribution is -0.111. The van der Waals surface area contributed by atoms with Gasteiger partial charge in [0.1, 0.15) is 0 Å². The lowest BCUT2D eigenvalue weighted by atomic mass is 10.1. The number of nitrogens with zero attached hydrogens (tertiary/aromatic N) is 2. The van der Waals surface area contributed by atoms with E-state index in [2.05, 4.69) is 10.3 Å². The molecule has 0 aliphatic heterocycles. The molecule has 0 fully saturated rings. The summed E-state index contributed by atoms with van der Waals surface area (Å²) in [5.74, 6) is -0.410. The van der Waals surface area contributed by atoms with Crippen LogP contribution in [-0.2, 0) is 4.79 Å². The zero-order chi connectivity index (χ0) is 18.2. The summed E-state index contributed by atoms with van der Waals surface area (Å²) >= 11 is 6.21. The smallest absolute Gasteiger partial charge is 0.255 e. The van der Waals surface area contributed by atoms with Crippen molar-refractivity contribution in [1.82, 2.24) is 9.88 Å². The van der Waals surface area contributed by atoms with Crippen molar-refractivity contribution in [3.05, 3.63) is 65.0 Å². The van der Waals surface area contributed by atoms with Gasteiger partial charge in [0, 0.05) is 37.2 Å². The number of benzene rings is 1. The van der Waals surface area contributed by atoms with E-state index >= 15 is 0 Å². The quantitative estimate of drug-likeness (QED) is 0.798. The Labute approximate surface area is 152 Å². The third-order valence-electron chi connectivity index (χ3n) is 3.63. The molecule has 0 saturated heterocycles. The van der Waals surface area contributed by atoms with E-state index in [0.29, 0.717) is 29.4 Å². The second kappa shape index (κ2) is 8.99. The van der Waals surface area contributed by atoms with E-state index < -0.39 is 0 Å². The number of pyridine rings is 1. The highest BCUT2D eigenvalue weighted by atomic mass is 35.5. The number of carbonyl (C=O) groups excluding carboxylic acids is 2. The van der Waals surface area contributed by atoms with Gasteiger partial charge in [-0.3, -0.25) is 14.6 Å². The number of hydrogen-bond donors (Lipinski definition) is 1. The summed E-state index contributed by atoms with van der Waals surface area (Å²) in [5, 5.41) is 3.03. The van der Waals surface area contributed by atoms with Crippen LogP contribution in [0.25, 0.3) is 6.08 Å². The minimum atomic E-state index is -0.289. The van der Waals surface area contributed by atoms with Gasteiger partial charge in [-0.15, -0.1) is 0 Å². The van der Waals surface area contributed by atoms with Gasteiger partial charge in [-0.1, -0.05) is 17.7 Å². The van der Waals surface area contributed by atoms with Gasteiger partial charge < -0.3 is 10.2 Å².